The second kappa shape index (κ2) is 5.56. The number of allylic oxidation sites excluding steroid dienone is 1. The molecule has 1 amide bonds. The summed E-state index contributed by atoms with van der Waals surface area (Å²) in [6.07, 6.45) is 1.57. The van der Waals surface area contributed by atoms with Crippen molar-refractivity contribution in [1.29, 1.82) is 5.26 Å². The molecule has 1 N–H and O–H groups in total. The molecule has 0 spiro atoms. The quantitative estimate of drug-likeness (QED) is 0.866. The normalized spacial score (nSPS) is 22.4. The van der Waals surface area contributed by atoms with Crippen LogP contribution in [-0.4, -0.2) is 20.9 Å². The van der Waals surface area contributed by atoms with Crippen LogP contribution in [0, 0.1) is 17.1 Å². The van der Waals surface area contributed by atoms with Gasteiger partial charge in [-0.25, -0.2) is 0 Å². The molecule has 19 heavy (non-hydrogen) atoms. The third kappa shape index (κ3) is 2.42. The first kappa shape index (κ1) is 13.8. The van der Waals surface area contributed by atoms with Crippen molar-refractivity contribution in [2.24, 2.45) is 0 Å². The minimum atomic E-state index is -0.774. The number of carbonyl (C=O) groups excluding carboxylic acids is 1. The minimum absolute atomic E-state index is 0.0610. The van der Waals surface area contributed by atoms with Gasteiger partial charge >= 0.3 is 117 Å². The Morgan fingerprint density at radius 3 is 2.89 bits per heavy atom. The van der Waals surface area contributed by atoms with Crippen LogP contribution in [-0.2, 0) is 9.11 Å². The molecule has 0 saturated carbocycles. The molecule has 0 aliphatic carbocycles. The van der Waals surface area contributed by atoms with E-state index in [0.717, 1.165) is 5.32 Å². The number of hydrogen-bond acceptors (Lipinski definition) is 2. The molecule has 1 aliphatic heterocycles. The average Bonchev–Trinajstić information content (AvgIpc) is 2.39. The van der Waals surface area contributed by atoms with E-state index in [0.29, 0.717) is 11.1 Å². The maximum atomic E-state index is 14.1. The van der Waals surface area contributed by atoms with Crippen molar-refractivity contribution in [3.63, 3.8) is 0 Å². The molecule has 0 saturated heterocycles. The van der Waals surface area contributed by atoms with E-state index in [1.54, 1.807) is 18.2 Å². The SMILES string of the molecule is CC[Se]C1(c2ccccc2F)CC(=O)NC=C1C#N. The molecule has 3 nitrogen and oxygen atoms in total. The van der Waals surface area contributed by atoms with E-state index in [2.05, 4.69) is 11.4 Å². The zero-order chi connectivity index (χ0) is 13.9. The van der Waals surface area contributed by atoms with Crippen molar-refractivity contribution in [2.45, 2.75) is 23.0 Å². The number of nitriles is 1. The molecular weight excluding hydrogens is 310 g/mol. The maximum absolute atomic E-state index is 14.1. The molecule has 1 aliphatic rings. The van der Waals surface area contributed by atoms with Crippen molar-refractivity contribution in [3.05, 3.63) is 47.4 Å². The van der Waals surface area contributed by atoms with Crippen LogP contribution in [0.1, 0.15) is 18.9 Å². The van der Waals surface area contributed by atoms with Crippen molar-refractivity contribution in [1.82, 2.24) is 5.32 Å². The van der Waals surface area contributed by atoms with E-state index < -0.39 is 4.31 Å². The van der Waals surface area contributed by atoms with Crippen molar-refractivity contribution >= 4 is 20.9 Å². The van der Waals surface area contributed by atoms with Gasteiger partial charge in [-0.05, 0) is 0 Å². The molecule has 0 fully saturated rings. The van der Waals surface area contributed by atoms with Crippen molar-refractivity contribution < 1.29 is 9.18 Å². The molecule has 98 valence electrons. The van der Waals surface area contributed by atoms with Crippen LogP contribution in [0.25, 0.3) is 0 Å². The fourth-order valence-electron chi connectivity index (χ4n) is 2.25. The van der Waals surface area contributed by atoms with E-state index in [4.69, 9.17) is 0 Å². The van der Waals surface area contributed by atoms with E-state index in [9.17, 15) is 14.4 Å². The zero-order valence-electron chi connectivity index (χ0n) is 10.4. The van der Waals surface area contributed by atoms with Gasteiger partial charge in [0.05, 0.1) is 0 Å². The van der Waals surface area contributed by atoms with Crippen molar-refractivity contribution in [2.75, 3.05) is 0 Å². The number of amides is 1. The van der Waals surface area contributed by atoms with Crippen LogP contribution in [0.5, 0.6) is 0 Å². The Morgan fingerprint density at radius 1 is 1.53 bits per heavy atom. The summed E-state index contributed by atoms with van der Waals surface area (Å²) < 4.78 is 13.3. The van der Waals surface area contributed by atoms with Gasteiger partial charge in [0, 0.05) is 0 Å². The van der Waals surface area contributed by atoms with Crippen LogP contribution < -0.4 is 5.32 Å². The van der Waals surface area contributed by atoms with E-state index in [1.165, 1.54) is 12.3 Å². The number of nitrogens with one attached hydrogen (secondary N) is 1. The van der Waals surface area contributed by atoms with E-state index >= 15 is 0 Å². The molecular formula is C14H13FN2OSe. The first-order valence-electron chi connectivity index (χ1n) is 5.93. The molecule has 1 unspecified atom stereocenters. The Morgan fingerprint density at radius 2 is 2.26 bits per heavy atom. The van der Waals surface area contributed by atoms with Gasteiger partial charge < -0.3 is 0 Å². The standard InChI is InChI=1S/C14H13FN2OSe/c1-2-19-14(11-5-3-4-6-12(11)15)7-13(18)17-9-10(14)8-16/h3-6,9H,2,7H2,1H3,(H,17,18). The zero-order valence-corrected chi connectivity index (χ0v) is 12.2. The summed E-state index contributed by atoms with van der Waals surface area (Å²) in [7, 11) is 0. The van der Waals surface area contributed by atoms with Crippen LogP contribution in [0.2, 0.25) is 5.32 Å². The van der Waals surface area contributed by atoms with Gasteiger partial charge in [0.15, 0.2) is 0 Å². The Hall–Kier alpha value is -1.63. The number of nitrogens with zero attached hydrogens (tertiary/aromatic N) is 1. The fourth-order valence-corrected chi connectivity index (χ4v) is 4.99. The number of benzene rings is 1. The predicted octanol–water partition coefficient (Wildman–Crippen LogP) is 2.09. The van der Waals surface area contributed by atoms with Gasteiger partial charge in [-0.1, -0.05) is 0 Å². The average molecular weight is 323 g/mol. The third-order valence-corrected chi connectivity index (χ3v) is 5.91. The summed E-state index contributed by atoms with van der Waals surface area (Å²) in [6, 6.07) is 8.54. The van der Waals surface area contributed by atoms with Crippen LogP contribution in [0.3, 0.4) is 0 Å². The molecule has 0 radical (unpaired) electrons. The second-order valence-electron chi connectivity index (χ2n) is 4.15. The van der Waals surface area contributed by atoms with Gasteiger partial charge in [-0.3, -0.25) is 0 Å². The Bertz CT molecular complexity index is 579. The Labute approximate surface area is 117 Å². The second-order valence-corrected chi connectivity index (χ2v) is 7.43. The number of rotatable bonds is 3. The number of carbonyl (C=O) groups is 1. The van der Waals surface area contributed by atoms with Crippen LogP contribution >= 0.6 is 0 Å². The first-order valence-corrected chi connectivity index (χ1v) is 8.00. The molecule has 2 rings (SSSR count). The summed E-state index contributed by atoms with van der Waals surface area (Å²) in [5.74, 6) is -0.522. The number of halogens is 1. The summed E-state index contributed by atoms with van der Waals surface area (Å²) in [5, 5.41) is 12.7. The summed E-state index contributed by atoms with van der Waals surface area (Å²) in [4.78, 5) is 11.7. The Kier molecular flexibility index (Phi) is 4.04. The van der Waals surface area contributed by atoms with Gasteiger partial charge in [0.2, 0.25) is 0 Å². The topological polar surface area (TPSA) is 52.9 Å². The number of hydrogen-bond donors (Lipinski definition) is 1. The summed E-state index contributed by atoms with van der Waals surface area (Å²) >= 11 is -0.0610. The van der Waals surface area contributed by atoms with E-state index in [1.807, 2.05) is 6.92 Å². The third-order valence-electron chi connectivity index (χ3n) is 3.04. The molecule has 0 bridgehead atoms. The van der Waals surface area contributed by atoms with Gasteiger partial charge in [-0.2, -0.15) is 0 Å². The van der Waals surface area contributed by atoms with Crippen LogP contribution in [0.15, 0.2) is 36.0 Å². The summed E-state index contributed by atoms with van der Waals surface area (Å²) in [6.45, 7) is 1.99. The van der Waals surface area contributed by atoms with E-state index in [-0.39, 0.29) is 33.1 Å². The van der Waals surface area contributed by atoms with Gasteiger partial charge in [-0.15, -0.1) is 0 Å². The molecule has 1 atom stereocenters. The molecule has 1 aromatic carbocycles. The van der Waals surface area contributed by atoms with Gasteiger partial charge in [0.1, 0.15) is 0 Å². The predicted molar refractivity (Wildman–Crippen MR) is 70.8 cm³/mol. The molecule has 0 aromatic heterocycles. The van der Waals surface area contributed by atoms with Crippen molar-refractivity contribution in [3.8, 4) is 6.07 Å². The van der Waals surface area contributed by atoms with Gasteiger partial charge in [0.25, 0.3) is 0 Å². The Balaban J connectivity index is 2.63. The molecule has 1 heterocycles. The van der Waals surface area contributed by atoms with Crippen LogP contribution in [0.4, 0.5) is 4.39 Å². The fraction of sp³-hybridized carbons (Fsp3) is 0.286. The summed E-state index contributed by atoms with van der Waals surface area (Å²) in [5.41, 5.74) is 0.901. The molecule has 5 heteroatoms. The molecule has 1 aromatic rings. The first-order chi connectivity index (χ1) is 9.14. The monoisotopic (exact) mass is 324 g/mol.